The Morgan fingerprint density at radius 3 is 1.29 bits per heavy atom. The lowest BCUT2D eigenvalue weighted by molar-refractivity contribution is 0.295. The van der Waals surface area contributed by atoms with Crippen molar-refractivity contribution in [2.75, 3.05) is 28.2 Å². The van der Waals surface area contributed by atoms with Gasteiger partial charge < -0.3 is 15.9 Å². The van der Waals surface area contributed by atoms with Crippen LogP contribution >= 0.6 is 0 Å². The predicted molar refractivity (Wildman–Crippen MR) is 147 cm³/mol. The van der Waals surface area contributed by atoms with Crippen molar-refractivity contribution in [2.24, 2.45) is 21.5 Å². The van der Waals surface area contributed by atoms with Gasteiger partial charge in [-0.2, -0.15) is 0 Å². The van der Waals surface area contributed by atoms with Gasteiger partial charge in [0.05, 0.1) is 0 Å². The molecule has 2 aromatic carbocycles. The molecule has 0 fully saturated rings. The van der Waals surface area contributed by atoms with E-state index in [2.05, 4.69) is 33.6 Å². The smallest absolute Gasteiger partial charge is 0.134 e. The molecule has 0 bridgehead atoms. The lowest BCUT2D eigenvalue weighted by Gasteiger charge is -2.19. The van der Waals surface area contributed by atoms with Crippen LogP contribution in [0.25, 0.3) is 22.6 Å². The van der Waals surface area contributed by atoms with Crippen molar-refractivity contribution in [1.82, 2.24) is 9.80 Å². The highest BCUT2D eigenvalue weighted by molar-refractivity contribution is 5.98. The molecule has 0 saturated heterocycles. The summed E-state index contributed by atoms with van der Waals surface area (Å²) in [6.45, 7) is 4.20. The van der Waals surface area contributed by atoms with Gasteiger partial charge in [0.25, 0.3) is 0 Å². The largest absolute Gasteiger partial charge is 0.456 e. The number of aliphatic imine (C=N–C) groups is 2. The van der Waals surface area contributed by atoms with Crippen molar-refractivity contribution >= 4 is 11.7 Å². The summed E-state index contributed by atoms with van der Waals surface area (Å²) in [7, 11) is 8.02. The Morgan fingerprint density at radius 1 is 0.657 bits per heavy atom. The molecule has 3 aromatic rings. The molecule has 0 radical (unpaired) electrons. The van der Waals surface area contributed by atoms with E-state index in [1.165, 1.54) is 0 Å². The van der Waals surface area contributed by atoms with Crippen molar-refractivity contribution in [3.05, 3.63) is 71.8 Å². The maximum absolute atomic E-state index is 6.24. The fourth-order valence-corrected chi connectivity index (χ4v) is 3.87. The monoisotopic (exact) mass is 474 g/mol. The van der Waals surface area contributed by atoms with Crippen LogP contribution in [0.15, 0.2) is 75.1 Å². The van der Waals surface area contributed by atoms with Gasteiger partial charge in [-0.25, -0.2) is 9.98 Å². The van der Waals surface area contributed by atoms with Crippen LogP contribution in [0.4, 0.5) is 0 Å². The second-order valence-corrected chi connectivity index (χ2v) is 9.05. The van der Waals surface area contributed by atoms with E-state index in [1.807, 2.05) is 88.9 Å². The maximum Gasteiger partial charge on any atom is 0.134 e. The predicted octanol–water partition coefficient (Wildman–Crippen LogP) is 4.62. The van der Waals surface area contributed by atoms with Crippen LogP contribution in [-0.2, 0) is 0 Å². The third-order valence-corrected chi connectivity index (χ3v) is 6.04. The second-order valence-electron chi connectivity index (χ2n) is 9.05. The van der Waals surface area contributed by atoms with Crippen molar-refractivity contribution in [2.45, 2.75) is 39.0 Å². The van der Waals surface area contributed by atoms with Crippen LogP contribution < -0.4 is 11.5 Å². The Bertz CT molecular complexity index is 1050. The van der Waals surface area contributed by atoms with Gasteiger partial charge in [-0.15, -0.1) is 0 Å². The first-order valence-electron chi connectivity index (χ1n) is 12.0. The van der Waals surface area contributed by atoms with Crippen molar-refractivity contribution in [3.8, 4) is 22.6 Å². The van der Waals surface area contributed by atoms with E-state index in [-0.39, 0.29) is 12.3 Å². The lowest BCUT2D eigenvalue weighted by Crippen LogP contribution is -2.28. The second kappa shape index (κ2) is 11.8. The molecule has 4 N–H and O–H groups in total. The Balaban J connectivity index is 1.75. The van der Waals surface area contributed by atoms with Crippen LogP contribution in [-0.4, -0.2) is 62.0 Å². The molecule has 2 unspecified atom stereocenters. The third-order valence-electron chi connectivity index (χ3n) is 6.04. The number of furan rings is 1. The first kappa shape index (κ1) is 26.2. The highest BCUT2D eigenvalue weighted by Gasteiger charge is 2.12. The zero-order chi connectivity index (χ0) is 25.5. The number of hydrogen-bond acceptors (Lipinski definition) is 5. The fourth-order valence-electron chi connectivity index (χ4n) is 3.87. The highest BCUT2D eigenvalue weighted by atomic mass is 16.3. The molecule has 7 heteroatoms. The minimum absolute atomic E-state index is 0.0661. The summed E-state index contributed by atoms with van der Waals surface area (Å²) < 4.78 is 6.15. The van der Waals surface area contributed by atoms with Gasteiger partial charge in [0, 0.05) is 22.3 Å². The van der Waals surface area contributed by atoms with E-state index >= 15 is 0 Å². The van der Waals surface area contributed by atoms with Gasteiger partial charge in [0.2, 0.25) is 0 Å². The van der Waals surface area contributed by atoms with E-state index in [9.17, 15) is 0 Å². The quantitative estimate of drug-likeness (QED) is 0.330. The van der Waals surface area contributed by atoms with Crippen molar-refractivity contribution in [1.29, 1.82) is 0 Å². The van der Waals surface area contributed by atoms with Crippen LogP contribution in [0.5, 0.6) is 0 Å². The molecule has 186 valence electrons. The molecule has 2 atom stereocenters. The van der Waals surface area contributed by atoms with Gasteiger partial charge in [-0.1, -0.05) is 62.4 Å². The lowest BCUT2D eigenvalue weighted by atomic mass is 10.1. The maximum atomic E-state index is 6.24. The molecule has 0 aliphatic rings. The van der Waals surface area contributed by atoms with Crippen LogP contribution in [0, 0.1) is 0 Å². The molecule has 1 aromatic heterocycles. The van der Waals surface area contributed by atoms with E-state index in [0.717, 1.165) is 46.6 Å². The third kappa shape index (κ3) is 6.59. The molecule has 0 aliphatic heterocycles. The number of nitrogens with two attached hydrogens (primary N) is 2. The highest BCUT2D eigenvalue weighted by Crippen LogP contribution is 2.29. The summed E-state index contributed by atoms with van der Waals surface area (Å²) >= 11 is 0. The number of amidine groups is 2. The topological polar surface area (TPSA) is 96.4 Å². The molecule has 7 nitrogen and oxygen atoms in total. The molecule has 35 heavy (non-hydrogen) atoms. The van der Waals surface area contributed by atoms with Crippen molar-refractivity contribution in [3.63, 3.8) is 0 Å². The van der Waals surface area contributed by atoms with E-state index in [0.29, 0.717) is 11.7 Å². The fraction of sp³-hybridized carbons (Fsp3) is 0.357. The summed E-state index contributed by atoms with van der Waals surface area (Å²) in [4.78, 5) is 13.4. The van der Waals surface area contributed by atoms with Gasteiger partial charge in [-0.05, 0) is 53.2 Å². The first-order valence-corrected chi connectivity index (χ1v) is 12.0. The number of benzene rings is 2. The molecule has 0 aliphatic carbocycles. The van der Waals surface area contributed by atoms with Gasteiger partial charge in [0.15, 0.2) is 0 Å². The summed E-state index contributed by atoms with van der Waals surface area (Å²) in [5.41, 5.74) is 16.2. The summed E-state index contributed by atoms with van der Waals surface area (Å²) in [5, 5.41) is 0. The molecule has 0 spiro atoms. The number of nitrogens with zero attached hydrogens (tertiary/aromatic N) is 4. The molecule has 3 rings (SSSR count). The zero-order valence-electron chi connectivity index (χ0n) is 21.7. The van der Waals surface area contributed by atoms with Crippen LogP contribution in [0.1, 0.15) is 37.8 Å². The molecular weight excluding hydrogens is 436 g/mol. The molecule has 0 amide bonds. The molecule has 0 saturated carbocycles. The van der Waals surface area contributed by atoms with Gasteiger partial charge >= 0.3 is 0 Å². The Morgan fingerprint density at radius 2 is 1.00 bits per heavy atom. The van der Waals surface area contributed by atoms with Crippen LogP contribution in [0.3, 0.4) is 0 Å². The van der Waals surface area contributed by atoms with Gasteiger partial charge in [-0.3, -0.25) is 9.80 Å². The van der Waals surface area contributed by atoms with Gasteiger partial charge in [0.1, 0.15) is 35.5 Å². The van der Waals surface area contributed by atoms with E-state index in [4.69, 9.17) is 15.9 Å². The van der Waals surface area contributed by atoms with E-state index in [1.54, 1.807) is 0 Å². The summed E-state index contributed by atoms with van der Waals surface area (Å²) in [6, 6.07) is 19.9. The van der Waals surface area contributed by atoms with E-state index < -0.39 is 0 Å². The summed E-state index contributed by atoms with van der Waals surface area (Å²) in [5.74, 6) is 2.67. The molecular formula is C28H38N6O. The minimum Gasteiger partial charge on any atom is -0.456 e. The summed E-state index contributed by atoms with van der Waals surface area (Å²) in [6.07, 6.45) is 1.93. The number of rotatable bonds is 10. The minimum atomic E-state index is 0.0661. The zero-order valence-corrected chi connectivity index (χ0v) is 21.7. The average molecular weight is 475 g/mol. The Labute approximate surface area is 209 Å². The first-order chi connectivity index (χ1) is 16.7. The average Bonchev–Trinajstić information content (AvgIpc) is 3.35. The standard InChI is InChI=1S/C28H38N6O/c1-7-25(33(3)4)31-27(29)21-13-9-19(10-14-21)23-17-18-24(35-23)20-11-15-22(16-12-20)28(30)32-26(8-2)34(5)6/h9-18,25-26H,7-8H2,1-6H3,(H2,29,31)(H2,30,32). The van der Waals surface area contributed by atoms with Crippen LogP contribution in [0.2, 0.25) is 0 Å². The number of hydrogen-bond donors (Lipinski definition) is 2. The molecule has 1 heterocycles. The Hall–Kier alpha value is -3.42. The normalized spacial score (nSPS) is 14.5. The SMILES string of the molecule is CCC(/N=C(\N)c1ccc(-c2ccc(-c3ccc(/C(N)=N/C(CC)N(C)C)cc3)o2)cc1)N(C)C. The van der Waals surface area contributed by atoms with Crippen molar-refractivity contribution < 1.29 is 4.42 Å². The Kier molecular flexibility index (Phi) is 8.84.